The van der Waals surface area contributed by atoms with E-state index >= 15 is 0 Å². The molecule has 0 aromatic carbocycles. The van der Waals surface area contributed by atoms with Crippen LogP contribution in [0, 0.1) is 5.41 Å². The molecule has 1 aliphatic carbocycles. The standard InChI is InChI=1S/C9H11N/c1-8-3-2-4-9(7-10)6-5-8/h2,4-7,10H,3H2,1H3. The van der Waals surface area contributed by atoms with Crippen molar-refractivity contribution in [2.45, 2.75) is 13.3 Å². The fourth-order valence-corrected chi connectivity index (χ4v) is 0.839. The van der Waals surface area contributed by atoms with Crippen molar-refractivity contribution in [3.63, 3.8) is 0 Å². The summed E-state index contributed by atoms with van der Waals surface area (Å²) in [4.78, 5) is 0. The maximum Gasteiger partial charge on any atom is 0.0250 e. The highest BCUT2D eigenvalue weighted by Gasteiger charge is 1.90. The molecule has 1 aliphatic rings. The van der Waals surface area contributed by atoms with Crippen molar-refractivity contribution in [2.24, 2.45) is 0 Å². The first kappa shape index (κ1) is 7.00. The molecular formula is C9H11N. The van der Waals surface area contributed by atoms with Crippen molar-refractivity contribution in [3.8, 4) is 0 Å². The van der Waals surface area contributed by atoms with Gasteiger partial charge in [0.2, 0.25) is 0 Å². The van der Waals surface area contributed by atoms with E-state index in [0.717, 1.165) is 12.0 Å². The molecule has 0 radical (unpaired) electrons. The van der Waals surface area contributed by atoms with E-state index < -0.39 is 0 Å². The van der Waals surface area contributed by atoms with Gasteiger partial charge in [0.05, 0.1) is 0 Å². The predicted octanol–water partition coefficient (Wildman–Crippen LogP) is 2.47. The lowest BCUT2D eigenvalue weighted by molar-refractivity contribution is 1.22. The summed E-state index contributed by atoms with van der Waals surface area (Å²) in [6, 6.07) is 0. The van der Waals surface area contributed by atoms with E-state index in [9.17, 15) is 0 Å². The van der Waals surface area contributed by atoms with Gasteiger partial charge >= 0.3 is 0 Å². The molecular weight excluding hydrogens is 122 g/mol. The lowest BCUT2D eigenvalue weighted by Crippen LogP contribution is -1.73. The second-order valence-electron chi connectivity index (χ2n) is 2.43. The number of hydrogen-bond acceptors (Lipinski definition) is 1. The Morgan fingerprint density at radius 2 is 2.30 bits per heavy atom. The molecule has 0 saturated carbocycles. The van der Waals surface area contributed by atoms with Gasteiger partial charge in [-0.2, -0.15) is 0 Å². The van der Waals surface area contributed by atoms with Crippen LogP contribution in [0.5, 0.6) is 0 Å². The van der Waals surface area contributed by atoms with Gasteiger partial charge in [-0.25, -0.2) is 0 Å². The summed E-state index contributed by atoms with van der Waals surface area (Å²) in [5.41, 5.74) is 2.31. The molecule has 10 heavy (non-hydrogen) atoms. The Bertz CT molecular complexity index is 219. The van der Waals surface area contributed by atoms with Gasteiger partial charge in [-0.05, 0) is 18.9 Å². The zero-order chi connectivity index (χ0) is 7.40. The Kier molecular flexibility index (Phi) is 2.21. The van der Waals surface area contributed by atoms with Gasteiger partial charge in [-0.15, -0.1) is 0 Å². The third-order valence-corrected chi connectivity index (χ3v) is 1.48. The third kappa shape index (κ3) is 1.69. The zero-order valence-corrected chi connectivity index (χ0v) is 6.09. The van der Waals surface area contributed by atoms with Crippen LogP contribution in [-0.4, -0.2) is 6.21 Å². The molecule has 0 spiro atoms. The summed E-state index contributed by atoms with van der Waals surface area (Å²) in [5.74, 6) is 0. The van der Waals surface area contributed by atoms with E-state index in [1.807, 2.05) is 12.2 Å². The summed E-state index contributed by atoms with van der Waals surface area (Å²) < 4.78 is 0. The average molecular weight is 133 g/mol. The normalized spacial score (nSPS) is 17.3. The Morgan fingerprint density at radius 1 is 1.50 bits per heavy atom. The van der Waals surface area contributed by atoms with Crippen LogP contribution in [0.3, 0.4) is 0 Å². The molecule has 1 N–H and O–H groups in total. The van der Waals surface area contributed by atoms with Crippen molar-refractivity contribution < 1.29 is 0 Å². The van der Waals surface area contributed by atoms with Gasteiger partial charge in [0.15, 0.2) is 0 Å². The monoisotopic (exact) mass is 133 g/mol. The van der Waals surface area contributed by atoms with Crippen LogP contribution in [0.1, 0.15) is 13.3 Å². The molecule has 0 fully saturated rings. The van der Waals surface area contributed by atoms with E-state index in [1.54, 1.807) is 0 Å². The van der Waals surface area contributed by atoms with E-state index in [0.29, 0.717) is 0 Å². The fraction of sp³-hybridized carbons (Fsp3) is 0.222. The lowest BCUT2D eigenvalue weighted by Gasteiger charge is -1.86. The van der Waals surface area contributed by atoms with Crippen LogP contribution in [0.15, 0.2) is 35.5 Å². The molecule has 0 atom stereocenters. The van der Waals surface area contributed by atoms with Gasteiger partial charge in [0.1, 0.15) is 0 Å². The summed E-state index contributed by atoms with van der Waals surface area (Å²) in [5, 5.41) is 6.99. The molecule has 0 heterocycles. The average Bonchev–Trinajstić information content (AvgIpc) is 2.14. The highest BCUT2D eigenvalue weighted by Crippen LogP contribution is 2.08. The lowest BCUT2D eigenvalue weighted by atomic mass is 10.2. The van der Waals surface area contributed by atoms with Crippen molar-refractivity contribution in [3.05, 3.63) is 35.5 Å². The molecule has 0 aromatic heterocycles. The topological polar surface area (TPSA) is 23.9 Å². The van der Waals surface area contributed by atoms with Gasteiger partial charge in [0.25, 0.3) is 0 Å². The maximum absolute atomic E-state index is 6.99. The van der Waals surface area contributed by atoms with Gasteiger partial charge < -0.3 is 5.41 Å². The number of hydrogen-bond donors (Lipinski definition) is 1. The molecule has 0 amide bonds. The van der Waals surface area contributed by atoms with Crippen LogP contribution in [0.4, 0.5) is 0 Å². The molecule has 1 nitrogen and oxygen atoms in total. The molecule has 0 aliphatic heterocycles. The molecule has 1 heteroatoms. The van der Waals surface area contributed by atoms with Gasteiger partial charge in [-0.1, -0.05) is 29.9 Å². The van der Waals surface area contributed by atoms with Gasteiger partial charge in [-0.3, -0.25) is 0 Å². The summed E-state index contributed by atoms with van der Waals surface area (Å²) in [6.07, 6.45) is 10.4. The maximum atomic E-state index is 6.99. The Morgan fingerprint density at radius 3 is 3.00 bits per heavy atom. The number of allylic oxidation sites excluding steroid dienone is 6. The Balaban J connectivity index is 2.85. The zero-order valence-electron chi connectivity index (χ0n) is 6.09. The van der Waals surface area contributed by atoms with Crippen molar-refractivity contribution >= 4 is 6.21 Å². The van der Waals surface area contributed by atoms with Crippen LogP contribution in [0.25, 0.3) is 0 Å². The van der Waals surface area contributed by atoms with Crippen molar-refractivity contribution in [1.82, 2.24) is 0 Å². The first-order chi connectivity index (χ1) is 4.83. The molecule has 0 aromatic rings. The van der Waals surface area contributed by atoms with E-state index in [4.69, 9.17) is 5.41 Å². The van der Waals surface area contributed by atoms with Crippen LogP contribution in [-0.2, 0) is 0 Å². The van der Waals surface area contributed by atoms with Gasteiger partial charge in [0, 0.05) is 6.21 Å². The van der Waals surface area contributed by atoms with Crippen LogP contribution >= 0.6 is 0 Å². The first-order valence-corrected chi connectivity index (χ1v) is 3.37. The Hall–Kier alpha value is -1.11. The molecule has 0 bridgehead atoms. The molecule has 0 unspecified atom stereocenters. The minimum absolute atomic E-state index is 0.969. The number of nitrogens with one attached hydrogen (secondary N) is 1. The largest absolute Gasteiger partial charge is 0.308 e. The minimum Gasteiger partial charge on any atom is -0.308 e. The molecule has 52 valence electrons. The third-order valence-electron chi connectivity index (χ3n) is 1.48. The smallest absolute Gasteiger partial charge is 0.0250 e. The minimum atomic E-state index is 0.969. The van der Waals surface area contributed by atoms with E-state index in [2.05, 4.69) is 19.1 Å². The van der Waals surface area contributed by atoms with Crippen LogP contribution in [0.2, 0.25) is 0 Å². The van der Waals surface area contributed by atoms with Crippen LogP contribution < -0.4 is 0 Å². The van der Waals surface area contributed by atoms with E-state index in [1.165, 1.54) is 11.8 Å². The van der Waals surface area contributed by atoms with E-state index in [-0.39, 0.29) is 0 Å². The Labute approximate surface area is 61.3 Å². The second-order valence-corrected chi connectivity index (χ2v) is 2.43. The quantitative estimate of drug-likeness (QED) is 0.531. The highest BCUT2D eigenvalue weighted by atomic mass is 14.3. The SMILES string of the molecule is CC1=CC=C(C=N)C=CC1. The van der Waals surface area contributed by atoms with Crippen molar-refractivity contribution in [2.75, 3.05) is 0 Å². The number of rotatable bonds is 1. The summed E-state index contributed by atoms with van der Waals surface area (Å²) in [6.45, 7) is 2.09. The molecule has 0 saturated heterocycles. The first-order valence-electron chi connectivity index (χ1n) is 3.37. The predicted molar refractivity (Wildman–Crippen MR) is 44.4 cm³/mol. The van der Waals surface area contributed by atoms with Crippen molar-refractivity contribution in [1.29, 1.82) is 5.41 Å². The summed E-state index contributed by atoms with van der Waals surface area (Å²) >= 11 is 0. The second kappa shape index (κ2) is 3.16. The highest BCUT2D eigenvalue weighted by molar-refractivity contribution is 5.80. The molecule has 1 rings (SSSR count). The summed E-state index contributed by atoms with van der Waals surface area (Å²) in [7, 11) is 0. The fourth-order valence-electron chi connectivity index (χ4n) is 0.839.